The van der Waals surface area contributed by atoms with Crippen LogP contribution in [0.1, 0.15) is 41.6 Å². The second kappa shape index (κ2) is 4.49. The number of hydrogen-bond acceptors (Lipinski definition) is 2. The molecular formula is C13H13ClO3. The zero-order valence-corrected chi connectivity index (χ0v) is 10.0. The minimum absolute atomic E-state index is 0.430. The molecule has 1 N–H and O–H groups in total. The van der Waals surface area contributed by atoms with Crippen LogP contribution in [0.25, 0.3) is 0 Å². The number of hydrogen-bond donors (Lipinski definition) is 1. The van der Waals surface area contributed by atoms with Crippen LogP contribution in [0.4, 0.5) is 0 Å². The van der Waals surface area contributed by atoms with Crippen molar-refractivity contribution >= 4 is 23.9 Å². The average Bonchev–Trinajstić information content (AvgIpc) is 2.80. The molecule has 0 heterocycles. The number of carboxylic acid groups (broad SMARTS) is 1. The van der Waals surface area contributed by atoms with Gasteiger partial charge in [-0.05, 0) is 30.5 Å². The van der Waals surface area contributed by atoms with Crippen molar-refractivity contribution in [2.24, 2.45) is 0 Å². The largest absolute Gasteiger partial charge is 0.481 e. The van der Waals surface area contributed by atoms with Crippen molar-refractivity contribution in [2.75, 3.05) is 0 Å². The van der Waals surface area contributed by atoms with Crippen LogP contribution in [0.15, 0.2) is 18.2 Å². The molecule has 0 radical (unpaired) electrons. The fourth-order valence-corrected chi connectivity index (χ4v) is 2.86. The van der Waals surface area contributed by atoms with E-state index in [4.69, 9.17) is 11.6 Å². The lowest BCUT2D eigenvalue weighted by molar-refractivity contribution is -0.143. The molecule has 4 heteroatoms. The van der Waals surface area contributed by atoms with E-state index in [1.54, 1.807) is 18.2 Å². The lowest BCUT2D eigenvalue weighted by Gasteiger charge is -2.25. The zero-order valence-electron chi connectivity index (χ0n) is 9.28. The fraction of sp³-hybridized carbons (Fsp3) is 0.385. The van der Waals surface area contributed by atoms with Crippen molar-refractivity contribution in [3.05, 3.63) is 34.3 Å². The highest BCUT2D eigenvalue weighted by molar-refractivity contribution is 6.31. The third kappa shape index (κ3) is 1.95. The first-order valence-corrected chi connectivity index (χ1v) is 5.96. The van der Waals surface area contributed by atoms with Gasteiger partial charge in [-0.2, -0.15) is 0 Å². The van der Waals surface area contributed by atoms with Crippen LogP contribution >= 0.6 is 11.6 Å². The Morgan fingerprint density at radius 2 is 2.00 bits per heavy atom. The first-order valence-electron chi connectivity index (χ1n) is 5.59. The van der Waals surface area contributed by atoms with Gasteiger partial charge in [-0.25, -0.2) is 0 Å². The monoisotopic (exact) mass is 252 g/mol. The average molecular weight is 253 g/mol. The van der Waals surface area contributed by atoms with Crippen molar-refractivity contribution in [2.45, 2.75) is 31.1 Å². The number of rotatable bonds is 3. The van der Waals surface area contributed by atoms with Gasteiger partial charge in [-0.1, -0.05) is 30.5 Å². The van der Waals surface area contributed by atoms with E-state index in [0.717, 1.165) is 12.8 Å². The Hall–Kier alpha value is -1.35. The smallest absolute Gasteiger partial charge is 0.314 e. The van der Waals surface area contributed by atoms with Gasteiger partial charge in [0, 0.05) is 10.6 Å². The summed E-state index contributed by atoms with van der Waals surface area (Å²) in [4.78, 5) is 22.3. The van der Waals surface area contributed by atoms with Gasteiger partial charge in [0.1, 0.15) is 6.29 Å². The van der Waals surface area contributed by atoms with E-state index < -0.39 is 11.4 Å². The molecule has 0 atom stereocenters. The Balaban J connectivity index is 2.56. The molecule has 0 aromatic heterocycles. The zero-order chi connectivity index (χ0) is 12.5. The second-order valence-corrected chi connectivity index (χ2v) is 4.86. The van der Waals surface area contributed by atoms with E-state index in [2.05, 4.69) is 0 Å². The number of aliphatic carboxylic acids is 1. The summed E-state index contributed by atoms with van der Waals surface area (Å²) in [7, 11) is 0. The summed E-state index contributed by atoms with van der Waals surface area (Å²) in [5.74, 6) is -0.847. The van der Waals surface area contributed by atoms with Crippen LogP contribution in [0.3, 0.4) is 0 Å². The van der Waals surface area contributed by atoms with E-state index in [9.17, 15) is 14.7 Å². The molecule has 1 aliphatic rings. The molecule has 90 valence electrons. The summed E-state index contributed by atoms with van der Waals surface area (Å²) < 4.78 is 0. The Morgan fingerprint density at radius 1 is 1.35 bits per heavy atom. The summed E-state index contributed by atoms with van der Waals surface area (Å²) >= 11 is 6.09. The quantitative estimate of drug-likeness (QED) is 0.842. The van der Waals surface area contributed by atoms with Gasteiger partial charge in [0.15, 0.2) is 0 Å². The van der Waals surface area contributed by atoms with Gasteiger partial charge >= 0.3 is 5.97 Å². The molecule has 3 nitrogen and oxygen atoms in total. The highest BCUT2D eigenvalue weighted by atomic mass is 35.5. The normalized spacial score (nSPS) is 17.9. The van der Waals surface area contributed by atoms with Crippen LogP contribution < -0.4 is 0 Å². The first kappa shape index (κ1) is 12.1. The molecule has 0 unspecified atom stereocenters. The maximum absolute atomic E-state index is 11.5. The van der Waals surface area contributed by atoms with Gasteiger partial charge in [0.25, 0.3) is 0 Å². The van der Waals surface area contributed by atoms with E-state index in [0.29, 0.717) is 35.3 Å². The lowest BCUT2D eigenvalue weighted by Crippen LogP contribution is -2.33. The number of aldehydes is 1. The third-order valence-corrected chi connectivity index (χ3v) is 3.84. The van der Waals surface area contributed by atoms with Crippen molar-refractivity contribution in [3.8, 4) is 0 Å². The SMILES string of the molecule is O=Cc1ccc(Cl)c(C2(C(=O)O)CCCC2)c1. The Bertz CT molecular complexity index is 462. The van der Waals surface area contributed by atoms with Gasteiger partial charge in [-0.15, -0.1) is 0 Å². The number of carboxylic acids is 1. The molecule has 0 aliphatic heterocycles. The molecule has 0 amide bonds. The number of halogens is 1. The Morgan fingerprint density at radius 3 is 2.53 bits per heavy atom. The highest BCUT2D eigenvalue weighted by Crippen LogP contribution is 2.44. The summed E-state index contributed by atoms with van der Waals surface area (Å²) in [5.41, 5.74) is 0.140. The van der Waals surface area contributed by atoms with Gasteiger partial charge < -0.3 is 5.11 Å². The molecule has 0 spiro atoms. The maximum Gasteiger partial charge on any atom is 0.314 e. The molecular weight excluding hydrogens is 240 g/mol. The minimum atomic E-state index is -0.907. The summed E-state index contributed by atoms with van der Waals surface area (Å²) in [5, 5.41) is 9.89. The van der Waals surface area contributed by atoms with Gasteiger partial charge in [0.05, 0.1) is 5.41 Å². The van der Waals surface area contributed by atoms with E-state index in [1.807, 2.05) is 0 Å². The van der Waals surface area contributed by atoms with E-state index >= 15 is 0 Å². The van der Waals surface area contributed by atoms with Crippen molar-refractivity contribution < 1.29 is 14.7 Å². The summed E-state index contributed by atoms with van der Waals surface area (Å²) in [6.07, 6.45) is 3.65. The first-order chi connectivity index (χ1) is 8.10. The molecule has 2 rings (SSSR count). The van der Waals surface area contributed by atoms with Crippen LogP contribution in [-0.4, -0.2) is 17.4 Å². The van der Waals surface area contributed by atoms with E-state index in [1.165, 1.54) is 0 Å². The second-order valence-electron chi connectivity index (χ2n) is 4.45. The summed E-state index contributed by atoms with van der Waals surface area (Å²) in [6, 6.07) is 4.81. The minimum Gasteiger partial charge on any atom is -0.481 e. The number of carbonyl (C=O) groups excluding carboxylic acids is 1. The molecule has 1 aromatic carbocycles. The number of carbonyl (C=O) groups is 2. The topological polar surface area (TPSA) is 54.4 Å². The van der Waals surface area contributed by atoms with Crippen LogP contribution in [0.5, 0.6) is 0 Å². The van der Waals surface area contributed by atoms with Gasteiger partial charge in [0.2, 0.25) is 0 Å². The molecule has 1 aliphatic carbocycles. The van der Waals surface area contributed by atoms with Crippen LogP contribution in [0, 0.1) is 0 Å². The Kier molecular flexibility index (Phi) is 3.20. The van der Waals surface area contributed by atoms with Gasteiger partial charge in [-0.3, -0.25) is 9.59 Å². The number of benzene rings is 1. The molecule has 0 saturated heterocycles. The fourth-order valence-electron chi connectivity index (χ4n) is 2.56. The highest BCUT2D eigenvalue weighted by Gasteiger charge is 2.44. The Labute approximate surface area is 104 Å². The van der Waals surface area contributed by atoms with Crippen molar-refractivity contribution in [1.82, 2.24) is 0 Å². The summed E-state index contributed by atoms with van der Waals surface area (Å²) in [6.45, 7) is 0. The third-order valence-electron chi connectivity index (χ3n) is 3.51. The lowest BCUT2D eigenvalue weighted by atomic mass is 9.78. The molecule has 17 heavy (non-hydrogen) atoms. The molecule has 0 bridgehead atoms. The predicted octanol–water partition coefficient (Wildman–Crippen LogP) is 3.05. The van der Waals surface area contributed by atoms with Crippen molar-refractivity contribution in [3.63, 3.8) is 0 Å². The molecule has 1 fully saturated rings. The molecule has 1 aromatic rings. The van der Waals surface area contributed by atoms with Crippen LogP contribution in [0.2, 0.25) is 5.02 Å². The van der Waals surface area contributed by atoms with Crippen LogP contribution in [-0.2, 0) is 10.2 Å². The standard InChI is InChI=1S/C13H13ClO3/c14-11-4-3-9(8-15)7-10(11)13(12(16)17)5-1-2-6-13/h3-4,7-8H,1-2,5-6H2,(H,16,17). The predicted molar refractivity (Wildman–Crippen MR) is 64.6 cm³/mol. The maximum atomic E-state index is 11.5. The van der Waals surface area contributed by atoms with Crippen molar-refractivity contribution in [1.29, 1.82) is 0 Å². The van der Waals surface area contributed by atoms with E-state index in [-0.39, 0.29) is 0 Å². The molecule has 1 saturated carbocycles.